The van der Waals surface area contributed by atoms with E-state index in [2.05, 4.69) is 0 Å². The molecule has 5 heteroatoms. The van der Waals surface area contributed by atoms with Gasteiger partial charge in [-0.05, 0) is 11.6 Å². The van der Waals surface area contributed by atoms with Crippen molar-refractivity contribution in [1.29, 1.82) is 0 Å². The van der Waals surface area contributed by atoms with Gasteiger partial charge in [-0.25, -0.2) is 0 Å². The fourth-order valence-electron chi connectivity index (χ4n) is 2.07. The van der Waals surface area contributed by atoms with Gasteiger partial charge in [-0.3, -0.25) is 0 Å². The summed E-state index contributed by atoms with van der Waals surface area (Å²) in [6, 6.07) is 11.4. The molecule has 1 aromatic heterocycles. The Bertz CT molecular complexity index is 782. The smallest absolute Gasteiger partial charge is 0.142 e. The highest BCUT2D eigenvalue weighted by Gasteiger charge is 2.19. The zero-order valence-electron chi connectivity index (χ0n) is 10.5. The van der Waals surface area contributed by atoms with Gasteiger partial charge in [-0.1, -0.05) is 53.5 Å². The number of benzene rings is 2. The van der Waals surface area contributed by atoms with E-state index in [0.29, 0.717) is 21.2 Å². The topological polar surface area (TPSA) is 29.5 Å². The van der Waals surface area contributed by atoms with E-state index in [-0.39, 0.29) is 5.75 Å². The van der Waals surface area contributed by atoms with Gasteiger partial charge >= 0.3 is 0 Å². The molecule has 0 aliphatic heterocycles. The molecular formula is C15H10Cl2O2S. The monoisotopic (exact) mass is 324 g/mol. The fourth-order valence-corrected chi connectivity index (χ4v) is 3.78. The Kier molecular flexibility index (Phi) is 3.50. The van der Waals surface area contributed by atoms with Crippen molar-refractivity contribution in [3.05, 3.63) is 46.4 Å². The molecule has 1 N–H and O–H groups in total. The third-order valence-electron chi connectivity index (χ3n) is 3.06. The van der Waals surface area contributed by atoms with E-state index < -0.39 is 0 Å². The lowest BCUT2D eigenvalue weighted by Crippen LogP contribution is -1.84. The Balaban J connectivity index is 2.33. The summed E-state index contributed by atoms with van der Waals surface area (Å²) >= 11 is 13.8. The third kappa shape index (κ3) is 2.03. The first-order chi connectivity index (χ1) is 9.63. The summed E-state index contributed by atoms with van der Waals surface area (Å²) in [4.78, 5) is 0.770. The maximum absolute atomic E-state index is 10.4. The molecule has 2 nitrogen and oxygen atoms in total. The van der Waals surface area contributed by atoms with E-state index in [0.717, 1.165) is 15.1 Å². The van der Waals surface area contributed by atoms with Gasteiger partial charge in [0.05, 0.1) is 21.7 Å². The molecule has 102 valence electrons. The molecule has 3 aromatic rings. The zero-order valence-corrected chi connectivity index (χ0v) is 12.8. The predicted molar refractivity (Wildman–Crippen MR) is 85.5 cm³/mol. The van der Waals surface area contributed by atoms with E-state index in [1.165, 1.54) is 18.4 Å². The lowest BCUT2D eigenvalue weighted by molar-refractivity contribution is 0.415. The molecule has 1 heterocycles. The van der Waals surface area contributed by atoms with Crippen molar-refractivity contribution in [2.45, 2.75) is 0 Å². The molecule has 2 aromatic carbocycles. The Morgan fingerprint density at radius 1 is 1.10 bits per heavy atom. The largest absolute Gasteiger partial charge is 0.506 e. The van der Waals surface area contributed by atoms with Crippen LogP contribution in [-0.4, -0.2) is 12.2 Å². The average Bonchev–Trinajstić information content (AvgIpc) is 2.81. The maximum Gasteiger partial charge on any atom is 0.142 e. The number of hydrogen-bond donors (Lipinski definition) is 1. The molecule has 0 aliphatic carbocycles. The van der Waals surface area contributed by atoms with E-state index in [1.54, 1.807) is 6.07 Å². The van der Waals surface area contributed by atoms with Crippen LogP contribution < -0.4 is 4.74 Å². The van der Waals surface area contributed by atoms with Crippen molar-refractivity contribution in [2.24, 2.45) is 0 Å². The Labute approximate surface area is 130 Å². The Hall–Kier alpha value is -1.42. The highest BCUT2D eigenvalue weighted by molar-refractivity contribution is 7.23. The van der Waals surface area contributed by atoms with Crippen LogP contribution >= 0.6 is 34.5 Å². The van der Waals surface area contributed by atoms with Gasteiger partial charge in [0.1, 0.15) is 16.5 Å². The lowest BCUT2D eigenvalue weighted by Gasteiger charge is -2.05. The second-order valence-corrected chi connectivity index (χ2v) is 6.01. The molecule has 0 atom stereocenters. The van der Waals surface area contributed by atoms with Gasteiger partial charge in [-0.2, -0.15) is 0 Å². The van der Waals surface area contributed by atoms with Crippen molar-refractivity contribution in [2.75, 3.05) is 7.11 Å². The summed E-state index contributed by atoms with van der Waals surface area (Å²) in [7, 11) is 1.52. The standard InChI is InChI=1S/C15H10Cl2O2S/c1-19-10-7-9-13(18)14(8-5-3-2-4-6-8)20-15(9)12(17)11(10)16/h2-7,18H,1H3. The number of methoxy groups -OCH3 is 1. The van der Waals surface area contributed by atoms with Crippen LogP contribution in [0.3, 0.4) is 0 Å². The van der Waals surface area contributed by atoms with E-state index in [4.69, 9.17) is 27.9 Å². The molecule has 20 heavy (non-hydrogen) atoms. The first kappa shape index (κ1) is 13.6. The van der Waals surface area contributed by atoms with E-state index in [9.17, 15) is 5.11 Å². The summed E-state index contributed by atoms with van der Waals surface area (Å²) in [5.41, 5.74) is 0.942. The summed E-state index contributed by atoms with van der Waals surface area (Å²) in [6.45, 7) is 0. The zero-order chi connectivity index (χ0) is 14.3. The molecule has 0 unspecified atom stereocenters. The number of ether oxygens (including phenoxy) is 1. The van der Waals surface area contributed by atoms with Crippen molar-refractivity contribution in [1.82, 2.24) is 0 Å². The van der Waals surface area contributed by atoms with Crippen LogP contribution in [0.1, 0.15) is 0 Å². The molecule has 0 bridgehead atoms. The van der Waals surface area contributed by atoms with Gasteiger partial charge in [0.2, 0.25) is 0 Å². The molecule has 0 aliphatic rings. The number of thiophene rings is 1. The van der Waals surface area contributed by atoms with Crippen molar-refractivity contribution in [3.63, 3.8) is 0 Å². The summed E-state index contributed by atoms with van der Waals surface area (Å²) in [5, 5.41) is 11.9. The minimum atomic E-state index is 0.202. The highest BCUT2D eigenvalue weighted by atomic mass is 35.5. The van der Waals surface area contributed by atoms with E-state index >= 15 is 0 Å². The lowest BCUT2D eigenvalue weighted by atomic mass is 10.1. The SMILES string of the molecule is COc1cc2c(O)c(-c3ccccc3)sc2c(Cl)c1Cl. The third-order valence-corrected chi connectivity index (χ3v) is 5.28. The van der Waals surface area contributed by atoms with Crippen LogP contribution in [0.2, 0.25) is 10.0 Å². The molecule has 0 saturated heterocycles. The predicted octanol–water partition coefficient (Wildman–Crippen LogP) is 5.59. The summed E-state index contributed by atoms with van der Waals surface area (Å²) in [6.07, 6.45) is 0. The van der Waals surface area contributed by atoms with Crippen molar-refractivity contribution >= 4 is 44.6 Å². The van der Waals surface area contributed by atoms with Gasteiger partial charge < -0.3 is 9.84 Å². The average molecular weight is 325 g/mol. The molecule has 0 radical (unpaired) electrons. The van der Waals surface area contributed by atoms with Crippen LogP contribution in [0, 0.1) is 0 Å². The highest BCUT2D eigenvalue weighted by Crippen LogP contribution is 2.50. The second kappa shape index (κ2) is 5.17. The number of fused-ring (bicyclic) bond motifs is 1. The Morgan fingerprint density at radius 2 is 1.80 bits per heavy atom. The van der Waals surface area contributed by atoms with Crippen molar-refractivity contribution in [3.8, 4) is 21.9 Å². The van der Waals surface area contributed by atoms with Crippen molar-refractivity contribution < 1.29 is 9.84 Å². The number of aromatic hydroxyl groups is 1. The van der Waals surface area contributed by atoms with Gasteiger partial charge in [0.25, 0.3) is 0 Å². The molecule has 3 rings (SSSR count). The van der Waals surface area contributed by atoms with Gasteiger partial charge in [0.15, 0.2) is 0 Å². The second-order valence-electron chi connectivity index (χ2n) is 4.23. The van der Waals surface area contributed by atoms with Gasteiger partial charge in [-0.15, -0.1) is 11.3 Å². The maximum atomic E-state index is 10.4. The minimum Gasteiger partial charge on any atom is -0.506 e. The van der Waals surface area contributed by atoms with Crippen LogP contribution in [0.5, 0.6) is 11.5 Å². The first-order valence-corrected chi connectivity index (χ1v) is 7.43. The van der Waals surface area contributed by atoms with Gasteiger partial charge in [0, 0.05) is 5.39 Å². The number of hydrogen-bond acceptors (Lipinski definition) is 3. The summed E-state index contributed by atoms with van der Waals surface area (Å²) in [5.74, 6) is 0.657. The van der Waals surface area contributed by atoms with Crippen LogP contribution in [-0.2, 0) is 0 Å². The normalized spacial score (nSPS) is 10.9. The molecule has 0 fully saturated rings. The van der Waals surface area contributed by atoms with E-state index in [1.807, 2.05) is 30.3 Å². The molecular weight excluding hydrogens is 315 g/mol. The fraction of sp³-hybridized carbons (Fsp3) is 0.0667. The quantitative estimate of drug-likeness (QED) is 0.665. The molecule has 0 saturated carbocycles. The van der Waals surface area contributed by atoms with Crippen LogP contribution in [0.15, 0.2) is 36.4 Å². The first-order valence-electron chi connectivity index (χ1n) is 5.86. The number of halogens is 2. The van der Waals surface area contributed by atoms with Crippen LogP contribution in [0.4, 0.5) is 0 Å². The summed E-state index contributed by atoms with van der Waals surface area (Å²) < 4.78 is 5.94. The number of rotatable bonds is 2. The molecule has 0 spiro atoms. The van der Waals surface area contributed by atoms with Crippen LogP contribution in [0.25, 0.3) is 20.5 Å². The molecule has 0 amide bonds. The minimum absolute atomic E-state index is 0.202. The Morgan fingerprint density at radius 3 is 2.45 bits per heavy atom.